The van der Waals surface area contributed by atoms with Gasteiger partial charge in [0.15, 0.2) is 0 Å². The first-order chi connectivity index (χ1) is 23.2. The van der Waals surface area contributed by atoms with Gasteiger partial charge in [-0.05, 0) is 68.6 Å². The number of benzene rings is 1. The van der Waals surface area contributed by atoms with Gasteiger partial charge in [0, 0.05) is 25.4 Å². The lowest BCUT2D eigenvalue weighted by molar-refractivity contribution is -0.147. The molecule has 7 atom stereocenters. The molecule has 0 saturated carbocycles. The molecule has 6 amide bonds. The van der Waals surface area contributed by atoms with Gasteiger partial charge in [-0.15, -0.1) is 0 Å². The van der Waals surface area contributed by atoms with Crippen LogP contribution in [-0.4, -0.2) is 110 Å². The van der Waals surface area contributed by atoms with Crippen molar-refractivity contribution in [1.29, 1.82) is 0 Å². The molecule has 0 aromatic heterocycles. The first-order valence-electron chi connectivity index (χ1n) is 16.7. The highest BCUT2D eigenvalue weighted by Gasteiger charge is 2.48. The number of phenols is 1. The summed E-state index contributed by atoms with van der Waals surface area (Å²) in [5.74, 6) is -4.73. The summed E-state index contributed by atoms with van der Waals surface area (Å²) < 4.78 is 0. The van der Waals surface area contributed by atoms with Gasteiger partial charge < -0.3 is 47.4 Å². The summed E-state index contributed by atoms with van der Waals surface area (Å²) in [7, 11) is 0. The standard InChI is InChI=1S/C33H47N7O9/c1-17(2)15-24(28(35)44)38-29(45)22(10-12-27(42)43)36-30(46)25-11-6-19-5-9-23(33(49)40(19)25)37-31(47)26(39-14-13-21(34)32(39)48)16-18-3-7-20(41)8-4-18/h3-4,7-8,17,19,21-26,41H,5-6,9-16,34H2,1-2H3,(H2,35,44)(H,36,46)(H,37,47)(H,38,45)(H,42,43)/t19-,21-,22-,23-,24-,25-,26-/m1/s1. The number of amides is 6. The Kier molecular flexibility index (Phi) is 12.2. The molecular formula is C33H47N7O9. The van der Waals surface area contributed by atoms with E-state index in [1.165, 1.54) is 21.9 Å². The number of likely N-dealkylation sites (tertiary alicyclic amines) is 1. The second-order valence-corrected chi connectivity index (χ2v) is 13.5. The lowest BCUT2D eigenvalue weighted by Gasteiger charge is -2.39. The van der Waals surface area contributed by atoms with E-state index in [0.717, 1.165) is 0 Å². The van der Waals surface area contributed by atoms with E-state index in [0.29, 0.717) is 31.2 Å². The Morgan fingerprint density at radius 1 is 0.918 bits per heavy atom. The van der Waals surface area contributed by atoms with Gasteiger partial charge in [0.2, 0.25) is 35.4 Å². The zero-order valence-electron chi connectivity index (χ0n) is 27.8. The lowest BCUT2D eigenvalue weighted by atomic mass is 9.97. The number of carbonyl (C=O) groups excluding carboxylic acids is 6. The molecule has 4 rings (SSSR count). The molecule has 0 bridgehead atoms. The van der Waals surface area contributed by atoms with Crippen LogP contribution in [0, 0.1) is 5.92 Å². The number of hydrogen-bond donors (Lipinski definition) is 7. The summed E-state index contributed by atoms with van der Waals surface area (Å²) in [5.41, 5.74) is 12.1. The molecule has 0 spiro atoms. The molecule has 3 heterocycles. The number of carboxylic acids is 1. The predicted molar refractivity (Wildman–Crippen MR) is 174 cm³/mol. The maximum Gasteiger partial charge on any atom is 0.303 e. The number of aliphatic carboxylic acids is 1. The number of hydrogen-bond acceptors (Lipinski definition) is 9. The molecule has 0 unspecified atom stereocenters. The summed E-state index contributed by atoms with van der Waals surface area (Å²) in [6.45, 7) is 3.94. The summed E-state index contributed by atoms with van der Waals surface area (Å²) >= 11 is 0. The predicted octanol–water partition coefficient (Wildman–Crippen LogP) is -1.13. The van der Waals surface area contributed by atoms with Crippen molar-refractivity contribution in [3.63, 3.8) is 0 Å². The quantitative estimate of drug-likeness (QED) is 0.117. The van der Waals surface area contributed by atoms with Gasteiger partial charge in [-0.3, -0.25) is 33.6 Å². The van der Waals surface area contributed by atoms with Crippen LogP contribution in [0.1, 0.15) is 70.8 Å². The molecule has 1 aromatic rings. The lowest BCUT2D eigenvalue weighted by Crippen LogP contribution is -2.62. The molecular weight excluding hydrogens is 638 g/mol. The van der Waals surface area contributed by atoms with E-state index >= 15 is 0 Å². The Labute approximate surface area is 284 Å². The maximum atomic E-state index is 13.9. The number of aromatic hydroxyl groups is 1. The molecule has 49 heavy (non-hydrogen) atoms. The number of phenolic OH excluding ortho intramolecular Hbond substituents is 1. The average Bonchev–Trinajstić information content (AvgIpc) is 3.62. The normalized spacial score (nSPS) is 23.8. The number of rotatable bonds is 15. The third kappa shape index (κ3) is 9.25. The number of nitrogens with two attached hydrogens (primary N) is 2. The Bertz CT molecular complexity index is 1440. The van der Waals surface area contributed by atoms with Crippen LogP contribution in [-0.2, 0) is 40.0 Å². The number of primary amides is 1. The zero-order valence-corrected chi connectivity index (χ0v) is 27.8. The smallest absolute Gasteiger partial charge is 0.303 e. The van der Waals surface area contributed by atoms with Crippen molar-refractivity contribution in [2.45, 2.75) is 114 Å². The number of carboxylic acid groups (broad SMARTS) is 1. The van der Waals surface area contributed by atoms with Crippen molar-refractivity contribution in [3.8, 4) is 5.75 Å². The second kappa shape index (κ2) is 16.1. The molecule has 3 aliphatic rings. The number of nitrogens with zero attached hydrogens (tertiary/aromatic N) is 2. The molecule has 0 aliphatic carbocycles. The van der Waals surface area contributed by atoms with Crippen molar-refractivity contribution in [2.24, 2.45) is 17.4 Å². The van der Waals surface area contributed by atoms with E-state index in [1.54, 1.807) is 12.1 Å². The van der Waals surface area contributed by atoms with Crippen LogP contribution in [0.4, 0.5) is 0 Å². The third-order valence-corrected chi connectivity index (χ3v) is 9.44. The fourth-order valence-corrected chi connectivity index (χ4v) is 6.85. The van der Waals surface area contributed by atoms with Gasteiger partial charge in [0.1, 0.15) is 36.0 Å². The summed E-state index contributed by atoms with van der Waals surface area (Å²) in [4.78, 5) is 93.4. The van der Waals surface area contributed by atoms with Crippen LogP contribution in [0.15, 0.2) is 24.3 Å². The third-order valence-electron chi connectivity index (χ3n) is 9.44. The van der Waals surface area contributed by atoms with Gasteiger partial charge in [-0.2, -0.15) is 0 Å². The van der Waals surface area contributed by atoms with Gasteiger partial charge in [0.25, 0.3) is 0 Å². The van der Waals surface area contributed by atoms with Crippen LogP contribution >= 0.6 is 0 Å². The number of piperidine rings is 1. The van der Waals surface area contributed by atoms with Gasteiger partial charge in [-0.25, -0.2) is 0 Å². The van der Waals surface area contributed by atoms with Crippen LogP contribution in [0.3, 0.4) is 0 Å². The highest BCUT2D eigenvalue weighted by molar-refractivity contribution is 5.97. The fraction of sp³-hybridized carbons (Fsp3) is 0.606. The molecule has 3 aliphatic heterocycles. The van der Waals surface area contributed by atoms with E-state index in [4.69, 9.17) is 11.5 Å². The van der Waals surface area contributed by atoms with Crippen molar-refractivity contribution in [3.05, 3.63) is 29.8 Å². The number of fused-ring (bicyclic) bond motifs is 1. The minimum atomic E-state index is -1.31. The summed E-state index contributed by atoms with van der Waals surface area (Å²) in [6.07, 6.45) is 1.65. The van der Waals surface area contributed by atoms with E-state index in [9.17, 15) is 43.8 Å². The summed E-state index contributed by atoms with van der Waals surface area (Å²) in [5, 5.41) is 26.9. The molecule has 16 heteroatoms. The Hall–Kier alpha value is -4.73. The molecule has 3 saturated heterocycles. The van der Waals surface area contributed by atoms with E-state index in [2.05, 4.69) is 16.0 Å². The highest BCUT2D eigenvalue weighted by Crippen LogP contribution is 2.33. The van der Waals surface area contributed by atoms with Crippen LogP contribution in [0.25, 0.3) is 0 Å². The maximum absolute atomic E-state index is 13.9. The van der Waals surface area contributed by atoms with Crippen molar-refractivity contribution < 1.29 is 43.8 Å². The van der Waals surface area contributed by atoms with Crippen LogP contribution < -0.4 is 27.4 Å². The molecule has 9 N–H and O–H groups in total. The van der Waals surface area contributed by atoms with Gasteiger partial charge in [-0.1, -0.05) is 26.0 Å². The molecule has 268 valence electrons. The highest BCUT2D eigenvalue weighted by atomic mass is 16.4. The number of nitrogens with one attached hydrogen (secondary N) is 3. The molecule has 16 nitrogen and oxygen atoms in total. The average molecular weight is 686 g/mol. The van der Waals surface area contributed by atoms with Crippen LogP contribution in [0.5, 0.6) is 5.75 Å². The molecule has 0 radical (unpaired) electrons. The summed E-state index contributed by atoms with van der Waals surface area (Å²) in [6, 6.07) is -0.0521. The molecule has 3 fully saturated rings. The topological polar surface area (TPSA) is 255 Å². The first-order valence-corrected chi connectivity index (χ1v) is 16.7. The SMILES string of the molecule is CC(C)C[C@@H](NC(=O)[C@@H](CCC(=O)O)NC(=O)[C@H]1CC[C@H]2CC[C@@H](NC(=O)[C@@H](Cc3ccc(O)cc3)N3CC[C@@H](N)C3=O)C(=O)N21)C(N)=O. The zero-order chi connectivity index (χ0) is 36.0. The Morgan fingerprint density at radius 3 is 2.18 bits per heavy atom. The Balaban J connectivity index is 1.47. The minimum Gasteiger partial charge on any atom is -0.508 e. The largest absolute Gasteiger partial charge is 0.508 e. The monoisotopic (exact) mass is 685 g/mol. The van der Waals surface area contributed by atoms with E-state index in [-0.39, 0.29) is 55.8 Å². The van der Waals surface area contributed by atoms with Crippen LogP contribution in [0.2, 0.25) is 0 Å². The Morgan fingerprint density at radius 2 is 1.59 bits per heavy atom. The minimum absolute atomic E-state index is 0.00957. The first kappa shape index (κ1) is 37.1. The van der Waals surface area contributed by atoms with Crippen molar-refractivity contribution >= 4 is 41.4 Å². The van der Waals surface area contributed by atoms with E-state index in [1.807, 2.05) is 13.8 Å². The molecule has 1 aromatic carbocycles. The van der Waals surface area contributed by atoms with Gasteiger partial charge >= 0.3 is 5.97 Å². The van der Waals surface area contributed by atoms with Crippen molar-refractivity contribution in [2.75, 3.05) is 6.54 Å². The van der Waals surface area contributed by atoms with Crippen molar-refractivity contribution in [1.82, 2.24) is 25.8 Å². The number of carbonyl (C=O) groups is 7. The van der Waals surface area contributed by atoms with Gasteiger partial charge in [0.05, 0.1) is 6.04 Å². The fourth-order valence-electron chi connectivity index (χ4n) is 6.85. The second-order valence-electron chi connectivity index (χ2n) is 13.5. The van der Waals surface area contributed by atoms with E-state index < -0.39 is 78.2 Å².